The Hall–Kier alpha value is -1.88. The van der Waals surface area contributed by atoms with E-state index in [2.05, 4.69) is 5.32 Å². The van der Waals surface area contributed by atoms with Gasteiger partial charge in [-0.15, -0.1) is 0 Å². The van der Waals surface area contributed by atoms with E-state index in [1.54, 1.807) is 10.8 Å². The summed E-state index contributed by atoms with van der Waals surface area (Å²) in [6.07, 6.45) is 1.80. The number of aromatic nitrogens is 1. The van der Waals surface area contributed by atoms with E-state index >= 15 is 0 Å². The topological polar surface area (TPSA) is 59.0 Å². The molecule has 16 heavy (non-hydrogen) atoms. The molecule has 2 aromatic rings. The first-order valence-electron chi connectivity index (χ1n) is 4.83. The molecule has 1 amide bonds. The molecule has 0 fully saturated rings. The van der Waals surface area contributed by atoms with Gasteiger partial charge in [0.25, 0.3) is 5.91 Å². The minimum absolute atomic E-state index is 0.0821. The van der Waals surface area contributed by atoms with E-state index in [0.29, 0.717) is 5.13 Å². The lowest BCUT2D eigenvalue weighted by molar-refractivity contribution is -0.665. The first-order valence-corrected chi connectivity index (χ1v) is 5.71. The first-order chi connectivity index (χ1) is 7.75. The van der Waals surface area contributed by atoms with Crippen LogP contribution in [0.1, 0.15) is 0 Å². The zero-order valence-electron chi connectivity index (χ0n) is 8.59. The number of hydrogen-bond donors (Lipinski definition) is 2. The number of carbonyl (C=O) groups excluding carboxylic acids is 1. The van der Waals surface area contributed by atoms with Crippen LogP contribution >= 0.6 is 11.3 Å². The highest BCUT2D eigenvalue weighted by molar-refractivity contribution is 7.12. The summed E-state index contributed by atoms with van der Waals surface area (Å²) in [6, 6.07) is 9.35. The maximum absolute atomic E-state index is 11.6. The summed E-state index contributed by atoms with van der Waals surface area (Å²) in [5.41, 5.74) is 6.48. The van der Waals surface area contributed by atoms with Crippen LogP contribution in [0, 0.1) is 0 Å². The van der Waals surface area contributed by atoms with Gasteiger partial charge in [-0.05, 0) is 12.1 Å². The van der Waals surface area contributed by atoms with Gasteiger partial charge in [-0.25, -0.2) is 4.57 Å². The van der Waals surface area contributed by atoms with Gasteiger partial charge in [0.05, 0.1) is 0 Å². The minimum Gasteiger partial charge on any atom is -0.323 e. The normalized spacial score (nSPS) is 10.0. The average molecular weight is 234 g/mol. The molecule has 0 aliphatic carbocycles. The molecule has 0 spiro atoms. The van der Waals surface area contributed by atoms with Crippen LogP contribution in [0.4, 0.5) is 10.8 Å². The Balaban J connectivity index is 1.98. The van der Waals surface area contributed by atoms with Crippen LogP contribution < -0.4 is 15.6 Å². The highest BCUT2D eigenvalue weighted by atomic mass is 32.1. The molecule has 0 saturated heterocycles. The maximum Gasteiger partial charge on any atom is 0.332 e. The van der Waals surface area contributed by atoms with Crippen LogP contribution in [-0.4, -0.2) is 5.91 Å². The molecule has 1 aromatic carbocycles. The Labute approximate surface area is 97.3 Å². The van der Waals surface area contributed by atoms with Crippen LogP contribution in [0.15, 0.2) is 41.9 Å². The largest absolute Gasteiger partial charge is 0.332 e. The number of nitrogen functional groups attached to an aromatic ring is 1. The molecule has 5 heteroatoms. The lowest BCUT2D eigenvalue weighted by Crippen LogP contribution is -2.40. The monoisotopic (exact) mass is 234 g/mol. The molecule has 0 aliphatic heterocycles. The highest BCUT2D eigenvalue weighted by Gasteiger charge is 2.10. The second-order valence-electron chi connectivity index (χ2n) is 3.28. The summed E-state index contributed by atoms with van der Waals surface area (Å²) in [5.74, 6) is -0.0821. The van der Waals surface area contributed by atoms with Crippen LogP contribution in [0.3, 0.4) is 0 Å². The van der Waals surface area contributed by atoms with Crippen molar-refractivity contribution in [2.45, 2.75) is 6.54 Å². The van der Waals surface area contributed by atoms with Gasteiger partial charge in [0, 0.05) is 11.1 Å². The summed E-state index contributed by atoms with van der Waals surface area (Å²) >= 11 is 1.41. The quantitative estimate of drug-likeness (QED) is 0.785. The van der Waals surface area contributed by atoms with E-state index in [0.717, 1.165) is 5.69 Å². The average Bonchev–Trinajstić information content (AvgIpc) is 2.66. The molecule has 0 atom stereocenters. The molecule has 4 nitrogen and oxygen atoms in total. The fourth-order valence-corrected chi connectivity index (χ4v) is 1.93. The summed E-state index contributed by atoms with van der Waals surface area (Å²) in [6.45, 7) is 0.240. The Bertz CT molecular complexity index is 481. The number of rotatable bonds is 3. The SMILES string of the molecule is Nc1scc[n+]1CC(=O)Nc1ccccc1. The van der Waals surface area contributed by atoms with E-state index in [9.17, 15) is 4.79 Å². The summed E-state index contributed by atoms with van der Waals surface area (Å²) in [5, 5.41) is 5.28. The van der Waals surface area contributed by atoms with Gasteiger partial charge in [0.2, 0.25) is 0 Å². The van der Waals surface area contributed by atoms with E-state index in [1.165, 1.54) is 11.3 Å². The number of carbonyl (C=O) groups is 1. The number of amides is 1. The summed E-state index contributed by atoms with van der Waals surface area (Å²) in [7, 11) is 0. The van der Waals surface area contributed by atoms with Crippen molar-refractivity contribution in [1.29, 1.82) is 0 Å². The molecular formula is C11H12N3OS+. The van der Waals surface area contributed by atoms with Crippen LogP contribution in [0.2, 0.25) is 0 Å². The molecule has 82 valence electrons. The van der Waals surface area contributed by atoms with Crippen molar-refractivity contribution < 1.29 is 9.36 Å². The number of hydrogen-bond acceptors (Lipinski definition) is 3. The van der Waals surface area contributed by atoms with Crippen molar-refractivity contribution in [3.8, 4) is 0 Å². The van der Waals surface area contributed by atoms with Gasteiger partial charge in [-0.1, -0.05) is 29.5 Å². The molecule has 2 rings (SSSR count). The molecular weight excluding hydrogens is 222 g/mol. The zero-order valence-corrected chi connectivity index (χ0v) is 9.41. The zero-order chi connectivity index (χ0) is 11.4. The van der Waals surface area contributed by atoms with E-state index < -0.39 is 0 Å². The fourth-order valence-electron chi connectivity index (χ4n) is 1.32. The van der Waals surface area contributed by atoms with Crippen molar-refractivity contribution in [1.82, 2.24) is 0 Å². The second kappa shape index (κ2) is 4.76. The van der Waals surface area contributed by atoms with Gasteiger partial charge < -0.3 is 5.32 Å². The Morgan fingerprint density at radius 3 is 2.75 bits per heavy atom. The van der Waals surface area contributed by atoms with Crippen molar-refractivity contribution >= 4 is 28.1 Å². The third-order valence-electron chi connectivity index (χ3n) is 2.08. The fraction of sp³-hybridized carbons (Fsp3) is 0.0909. The van der Waals surface area contributed by atoms with Crippen LogP contribution in [0.5, 0.6) is 0 Å². The predicted molar refractivity (Wildman–Crippen MR) is 64.0 cm³/mol. The minimum atomic E-state index is -0.0821. The van der Waals surface area contributed by atoms with Gasteiger partial charge in [0.15, 0.2) is 6.54 Å². The van der Waals surface area contributed by atoms with Crippen molar-refractivity contribution in [2.24, 2.45) is 0 Å². The molecule has 0 radical (unpaired) electrons. The highest BCUT2D eigenvalue weighted by Crippen LogP contribution is 2.05. The number of nitrogens with two attached hydrogens (primary N) is 1. The standard InChI is InChI=1S/C11H11N3OS/c12-11-14(6-7-16-11)8-10(15)13-9-4-2-1-3-5-9/h1-7,12H,8H2,(H,13,15)/p+1. The first kappa shape index (κ1) is 10.6. The number of benzene rings is 1. The molecule has 0 bridgehead atoms. The van der Waals surface area contributed by atoms with Crippen molar-refractivity contribution in [2.75, 3.05) is 11.1 Å². The Morgan fingerprint density at radius 1 is 1.38 bits per heavy atom. The van der Waals surface area contributed by atoms with Crippen molar-refractivity contribution in [3.05, 3.63) is 41.9 Å². The summed E-state index contributed by atoms with van der Waals surface area (Å²) < 4.78 is 1.71. The lowest BCUT2D eigenvalue weighted by atomic mass is 10.3. The second-order valence-corrected chi connectivity index (χ2v) is 4.21. The number of nitrogens with zero attached hydrogens (tertiary/aromatic N) is 1. The smallest absolute Gasteiger partial charge is 0.323 e. The lowest BCUT2D eigenvalue weighted by Gasteiger charge is -2.02. The predicted octanol–water partition coefficient (Wildman–Crippen LogP) is 1.26. The van der Waals surface area contributed by atoms with E-state index in [1.807, 2.05) is 35.7 Å². The Kier molecular flexibility index (Phi) is 3.16. The van der Waals surface area contributed by atoms with Crippen molar-refractivity contribution in [3.63, 3.8) is 0 Å². The third-order valence-corrected chi connectivity index (χ3v) is 2.82. The van der Waals surface area contributed by atoms with E-state index in [-0.39, 0.29) is 12.5 Å². The van der Waals surface area contributed by atoms with Crippen LogP contribution in [0.25, 0.3) is 0 Å². The molecule has 1 heterocycles. The Morgan fingerprint density at radius 2 is 2.12 bits per heavy atom. The number of nitrogens with one attached hydrogen (secondary N) is 1. The van der Waals surface area contributed by atoms with Gasteiger partial charge >= 0.3 is 5.13 Å². The number of anilines is 2. The third kappa shape index (κ3) is 2.58. The number of thiazole rings is 1. The van der Waals surface area contributed by atoms with Gasteiger partial charge in [0.1, 0.15) is 6.20 Å². The molecule has 0 unspecified atom stereocenters. The molecule has 1 aromatic heterocycles. The molecule has 3 N–H and O–H groups in total. The number of para-hydroxylation sites is 1. The van der Waals surface area contributed by atoms with Crippen LogP contribution in [-0.2, 0) is 11.3 Å². The summed E-state index contributed by atoms with van der Waals surface area (Å²) in [4.78, 5) is 11.6. The van der Waals surface area contributed by atoms with Gasteiger partial charge in [-0.3, -0.25) is 10.5 Å². The molecule has 0 aliphatic rings. The molecule has 0 saturated carbocycles. The van der Waals surface area contributed by atoms with E-state index in [4.69, 9.17) is 5.73 Å². The van der Waals surface area contributed by atoms with Gasteiger partial charge in [-0.2, -0.15) is 0 Å². The maximum atomic E-state index is 11.6.